The normalized spacial score (nSPS) is 12.3. The van der Waals surface area contributed by atoms with Gasteiger partial charge in [0.05, 0.1) is 5.69 Å². The van der Waals surface area contributed by atoms with Crippen LogP contribution in [0.4, 0.5) is 0 Å². The molecule has 1 unspecified atom stereocenters. The van der Waals surface area contributed by atoms with Crippen LogP contribution in [0.25, 0.3) is 0 Å². The van der Waals surface area contributed by atoms with E-state index in [1.165, 1.54) is 5.56 Å². The largest absolute Gasteiger partial charge is 0.312 e. The summed E-state index contributed by atoms with van der Waals surface area (Å²) in [5.41, 5.74) is 2.42. The molecule has 0 spiro atoms. The third kappa shape index (κ3) is 3.36. The van der Waals surface area contributed by atoms with E-state index in [4.69, 9.17) is 0 Å². The second kappa shape index (κ2) is 6.11. The van der Waals surface area contributed by atoms with Gasteiger partial charge in [0.1, 0.15) is 6.33 Å². The van der Waals surface area contributed by atoms with Crippen LogP contribution in [0.1, 0.15) is 23.7 Å². The lowest BCUT2D eigenvalue weighted by Gasteiger charge is -2.15. The molecule has 1 atom stereocenters. The number of rotatable bonds is 5. The van der Waals surface area contributed by atoms with Gasteiger partial charge in [-0.3, -0.25) is 0 Å². The minimum atomic E-state index is 0.290. The molecule has 3 heteroatoms. The smallest absolute Gasteiger partial charge is 0.115 e. The molecule has 2 rings (SSSR count). The quantitative estimate of drug-likeness (QED) is 0.852. The summed E-state index contributed by atoms with van der Waals surface area (Å²) in [5, 5.41) is 3.30. The molecule has 2 aromatic rings. The predicted molar refractivity (Wildman–Crippen MR) is 68.6 cm³/mol. The molecule has 0 saturated carbocycles. The number of aromatic nitrogens is 2. The van der Waals surface area contributed by atoms with Gasteiger partial charge in [-0.25, -0.2) is 9.97 Å². The van der Waals surface area contributed by atoms with E-state index in [-0.39, 0.29) is 0 Å². The van der Waals surface area contributed by atoms with Gasteiger partial charge in [0.2, 0.25) is 0 Å². The summed E-state index contributed by atoms with van der Waals surface area (Å²) < 4.78 is 0. The Bertz CT molecular complexity index is 428. The Hall–Kier alpha value is -1.74. The fourth-order valence-corrected chi connectivity index (χ4v) is 1.90. The van der Waals surface area contributed by atoms with Crippen LogP contribution < -0.4 is 5.32 Å². The predicted octanol–water partition coefficient (Wildman–Crippen LogP) is 2.37. The van der Waals surface area contributed by atoms with E-state index in [2.05, 4.69) is 39.6 Å². The Labute approximate surface area is 102 Å². The summed E-state index contributed by atoms with van der Waals surface area (Å²) in [6, 6.07) is 12.8. The number of nitrogens with one attached hydrogen (secondary N) is 1. The third-order valence-corrected chi connectivity index (χ3v) is 2.87. The van der Waals surface area contributed by atoms with Gasteiger partial charge < -0.3 is 5.32 Å². The Morgan fingerprint density at radius 3 is 2.65 bits per heavy atom. The zero-order valence-electron chi connectivity index (χ0n) is 10.0. The van der Waals surface area contributed by atoms with E-state index in [1.54, 1.807) is 12.5 Å². The summed E-state index contributed by atoms with van der Waals surface area (Å²) in [6.07, 6.45) is 5.48. The molecule has 0 fully saturated rings. The first-order valence-corrected chi connectivity index (χ1v) is 5.87. The van der Waals surface area contributed by atoms with Crippen molar-refractivity contribution in [1.82, 2.24) is 15.3 Å². The van der Waals surface area contributed by atoms with E-state index < -0.39 is 0 Å². The Morgan fingerprint density at radius 1 is 1.18 bits per heavy atom. The van der Waals surface area contributed by atoms with Crippen molar-refractivity contribution in [2.75, 3.05) is 7.05 Å². The maximum absolute atomic E-state index is 4.29. The van der Waals surface area contributed by atoms with E-state index >= 15 is 0 Å². The Balaban J connectivity index is 1.97. The molecular weight excluding hydrogens is 210 g/mol. The van der Waals surface area contributed by atoms with Gasteiger partial charge in [0, 0.05) is 12.2 Å². The number of hydrogen-bond donors (Lipinski definition) is 1. The lowest BCUT2D eigenvalue weighted by molar-refractivity contribution is 0.534. The van der Waals surface area contributed by atoms with Crippen molar-refractivity contribution < 1.29 is 0 Å². The fraction of sp³-hybridized carbons (Fsp3) is 0.286. The van der Waals surface area contributed by atoms with Crippen molar-refractivity contribution in [3.05, 3.63) is 60.2 Å². The third-order valence-electron chi connectivity index (χ3n) is 2.87. The topological polar surface area (TPSA) is 37.8 Å². The van der Waals surface area contributed by atoms with Crippen molar-refractivity contribution in [1.29, 1.82) is 0 Å². The lowest BCUT2D eigenvalue weighted by atomic mass is 10.0. The molecule has 1 aromatic heterocycles. The first kappa shape index (κ1) is 11.7. The minimum absolute atomic E-state index is 0.290. The second-order valence-electron chi connectivity index (χ2n) is 4.00. The van der Waals surface area contributed by atoms with Crippen LogP contribution in [0.15, 0.2) is 48.9 Å². The molecule has 1 N–H and O–H groups in total. The molecule has 17 heavy (non-hydrogen) atoms. The fourth-order valence-electron chi connectivity index (χ4n) is 1.90. The highest BCUT2D eigenvalue weighted by Gasteiger charge is 2.09. The van der Waals surface area contributed by atoms with Gasteiger partial charge >= 0.3 is 0 Å². The van der Waals surface area contributed by atoms with Gasteiger partial charge in [-0.1, -0.05) is 30.3 Å². The van der Waals surface area contributed by atoms with Gasteiger partial charge in [0.15, 0.2) is 0 Å². The SMILES string of the molecule is CNC(CCc1ccccc1)c1ccncn1. The van der Waals surface area contributed by atoms with E-state index in [0.717, 1.165) is 18.5 Å². The molecule has 0 radical (unpaired) electrons. The Kier molecular flexibility index (Phi) is 4.22. The molecule has 88 valence electrons. The summed E-state index contributed by atoms with van der Waals surface area (Å²) in [6.45, 7) is 0. The molecule has 0 aliphatic carbocycles. The van der Waals surface area contributed by atoms with Crippen LogP contribution in [-0.2, 0) is 6.42 Å². The van der Waals surface area contributed by atoms with Crippen LogP contribution in [0.3, 0.4) is 0 Å². The van der Waals surface area contributed by atoms with Gasteiger partial charge in [-0.2, -0.15) is 0 Å². The second-order valence-corrected chi connectivity index (χ2v) is 4.00. The van der Waals surface area contributed by atoms with E-state index in [0.29, 0.717) is 6.04 Å². The van der Waals surface area contributed by atoms with Crippen molar-refractivity contribution in [3.63, 3.8) is 0 Å². The average molecular weight is 227 g/mol. The number of benzene rings is 1. The Morgan fingerprint density at radius 2 is 2.00 bits per heavy atom. The summed E-state index contributed by atoms with van der Waals surface area (Å²) >= 11 is 0. The standard InChI is InChI=1S/C14H17N3/c1-15-13(14-9-10-16-11-17-14)8-7-12-5-3-2-4-6-12/h2-6,9-11,13,15H,7-8H2,1H3. The van der Waals surface area contributed by atoms with Gasteiger partial charge in [-0.05, 0) is 31.5 Å². The molecular formula is C14H17N3. The van der Waals surface area contributed by atoms with E-state index in [1.807, 2.05) is 19.2 Å². The lowest BCUT2D eigenvalue weighted by Crippen LogP contribution is -2.18. The van der Waals surface area contributed by atoms with Crippen LogP contribution in [0.5, 0.6) is 0 Å². The first-order chi connectivity index (χ1) is 8.40. The molecule has 0 aliphatic heterocycles. The zero-order chi connectivity index (χ0) is 11.9. The maximum Gasteiger partial charge on any atom is 0.115 e. The summed E-state index contributed by atoms with van der Waals surface area (Å²) in [7, 11) is 1.97. The molecule has 1 aromatic carbocycles. The van der Waals surface area contributed by atoms with Crippen LogP contribution >= 0.6 is 0 Å². The molecule has 0 saturated heterocycles. The van der Waals surface area contributed by atoms with Gasteiger partial charge in [-0.15, -0.1) is 0 Å². The maximum atomic E-state index is 4.29. The number of aryl methyl sites for hydroxylation is 1. The first-order valence-electron chi connectivity index (χ1n) is 5.87. The highest BCUT2D eigenvalue weighted by molar-refractivity contribution is 5.15. The highest BCUT2D eigenvalue weighted by Crippen LogP contribution is 2.16. The minimum Gasteiger partial charge on any atom is -0.312 e. The van der Waals surface area contributed by atoms with Crippen molar-refractivity contribution in [2.24, 2.45) is 0 Å². The molecule has 0 bridgehead atoms. The van der Waals surface area contributed by atoms with Crippen LogP contribution in [0.2, 0.25) is 0 Å². The zero-order valence-corrected chi connectivity index (χ0v) is 10.0. The number of nitrogens with zero attached hydrogens (tertiary/aromatic N) is 2. The molecule has 1 heterocycles. The molecule has 3 nitrogen and oxygen atoms in total. The van der Waals surface area contributed by atoms with E-state index in [9.17, 15) is 0 Å². The van der Waals surface area contributed by atoms with Crippen LogP contribution in [-0.4, -0.2) is 17.0 Å². The van der Waals surface area contributed by atoms with Crippen molar-refractivity contribution in [2.45, 2.75) is 18.9 Å². The number of hydrogen-bond acceptors (Lipinski definition) is 3. The van der Waals surface area contributed by atoms with Crippen molar-refractivity contribution >= 4 is 0 Å². The van der Waals surface area contributed by atoms with Crippen molar-refractivity contribution in [3.8, 4) is 0 Å². The monoisotopic (exact) mass is 227 g/mol. The highest BCUT2D eigenvalue weighted by atomic mass is 14.9. The summed E-state index contributed by atoms with van der Waals surface area (Å²) in [4.78, 5) is 8.23. The molecule has 0 amide bonds. The average Bonchev–Trinajstić information content (AvgIpc) is 2.42. The summed E-state index contributed by atoms with van der Waals surface area (Å²) in [5.74, 6) is 0. The van der Waals surface area contributed by atoms with Gasteiger partial charge in [0.25, 0.3) is 0 Å². The molecule has 0 aliphatic rings. The van der Waals surface area contributed by atoms with Crippen LogP contribution in [0, 0.1) is 0 Å².